The van der Waals surface area contributed by atoms with Crippen LogP contribution in [0.5, 0.6) is 0 Å². The van der Waals surface area contributed by atoms with Crippen LogP contribution in [-0.4, -0.2) is 18.6 Å². The quantitative estimate of drug-likeness (QED) is 0.736. The molecule has 1 aliphatic carbocycles. The maximum atomic E-state index is 3.75. The second-order valence-electron chi connectivity index (χ2n) is 5.54. The highest BCUT2D eigenvalue weighted by Gasteiger charge is 2.24. The first-order chi connectivity index (χ1) is 9.36. The Hall–Kier alpha value is -0.470. The summed E-state index contributed by atoms with van der Waals surface area (Å²) < 4.78 is 0. The molecule has 2 heteroatoms. The number of hydrogen-bond donors (Lipinski definition) is 1. The SMILES string of the molecule is CCCNC(CCSC)c1ccccc1C1CCC1. The molecule has 1 aromatic rings. The Morgan fingerprint density at radius 3 is 2.74 bits per heavy atom. The highest BCUT2D eigenvalue weighted by Crippen LogP contribution is 2.40. The van der Waals surface area contributed by atoms with Gasteiger partial charge >= 0.3 is 0 Å². The van der Waals surface area contributed by atoms with Gasteiger partial charge in [-0.15, -0.1) is 0 Å². The average Bonchev–Trinajstić information content (AvgIpc) is 2.38. The molecule has 2 rings (SSSR count). The van der Waals surface area contributed by atoms with E-state index in [0.717, 1.165) is 12.5 Å². The van der Waals surface area contributed by atoms with E-state index in [1.54, 1.807) is 11.1 Å². The van der Waals surface area contributed by atoms with E-state index in [0.29, 0.717) is 6.04 Å². The molecule has 1 unspecified atom stereocenters. The van der Waals surface area contributed by atoms with Crippen LogP contribution in [0.25, 0.3) is 0 Å². The van der Waals surface area contributed by atoms with Gasteiger partial charge in [-0.1, -0.05) is 37.6 Å². The first-order valence-electron chi connectivity index (χ1n) is 7.68. The molecule has 0 amide bonds. The zero-order valence-corrected chi connectivity index (χ0v) is 13.1. The van der Waals surface area contributed by atoms with Gasteiger partial charge in [-0.3, -0.25) is 0 Å². The van der Waals surface area contributed by atoms with Crippen LogP contribution >= 0.6 is 11.8 Å². The molecule has 19 heavy (non-hydrogen) atoms. The third-order valence-corrected chi connectivity index (χ3v) is 4.81. The summed E-state index contributed by atoms with van der Waals surface area (Å²) >= 11 is 1.95. The van der Waals surface area contributed by atoms with Crippen LogP contribution < -0.4 is 5.32 Å². The Bertz CT molecular complexity index is 365. The van der Waals surface area contributed by atoms with Crippen LogP contribution in [0.1, 0.15) is 62.1 Å². The summed E-state index contributed by atoms with van der Waals surface area (Å²) in [6.45, 7) is 3.37. The molecule has 0 aliphatic heterocycles. The fourth-order valence-electron chi connectivity index (χ4n) is 2.84. The summed E-state index contributed by atoms with van der Waals surface area (Å²) in [5, 5.41) is 3.75. The first-order valence-corrected chi connectivity index (χ1v) is 9.07. The lowest BCUT2D eigenvalue weighted by Crippen LogP contribution is -2.25. The van der Waals surface area contributed by atoms with Gasteiger partial charge in [0.05, 0.1) is 0 Å². The van der Waals surface area contributed by atoms with E-state index in [2.05, 4.69) is 42.8 Å². The maximum absolute atomic E-state index is 3.75. The van der Waals surface area contributed by atoms with Crippen LogP contribution in [-0.2, 0) is 0 Å². The van der Waals surface area contributed by atoms with Gasteiger partial charge in [0.15, 0.2) is 0 Å². The highest BCUT2D eigenvalue weighted by atomic mass is 32.2. The van der Waals surface area contributed by atoms with Gasteiger partial charge in [0.1, 0.15) is 0 Å². The van der Waals surface area contributed by atoms with E-state index in [9.17, 15) is 0 Å². The summed E-state index contributed by atoms with van der Waals surface area (Å²) in [4.78, 5) is 0. The van der Waals surface area contributed by atoms with E-state index >= 15 is 0 Å². The summed E-state index contributed by atoms with van der Waals surface area (Å²) in [7, 11) is 0. The molecule has 0 saturated heterocycles. The third kappa shape index (κ3) is 4.00. The molecule has 0 radical (unpaired) electrons. The fraction of sp³-hybridized carbons (Fsp3) is 0.647. The number of nitrogens with one attached hydrogen (secondary N) is 1. The van der Waals surface area contributed by atoms with Gasteiger partial charge in [-0.2, -0.15) is 11.8 Å². The molecule has 0 bridgehead atoms. The fourth-order valence-corrected chi connectivity index (χ4v) is 3.31. The molecular formula is C17H27NS. The Morgan fingerprint density at radius 1 is 1.32 bits per heavy atom. The number of benzene rings is 1. The predicted molar refractivity (Wildman–Crippen MR) is 87.1 cm³/mol. The van der Waals surface area contributed by atoms with Crippen molar-refractivity contribution in [2.45, 2.75) is 51.0 Å². The third-order valence-electron chi connectivity index (χ3n) is 4.17. The minimum absolute atomic E-state index is 0.546. The van der Waals surface area contributed by atoms with Crippen LogP contribution in [0, 0.1) is 0 Å². The van der Waals surface area contributed by atoms with Crippen molar-refractivity contribution in [1.82, 2.24) is 5.32 Å². The molecule has 0 spiro atoms. The van der Waals surface area contributed by atoms with Crippen molar-refractivity contribution in [2.75, 3.05) is 18.6 Å². The van der Waals surface area contributed by atoms with Crippen molar-refractivity contribution in [3.05, 3.63) is 35.4 Å². The minimum Gasteiger partial charge on any atom is -0.310 e. The standard InChI is InChI=1S/C17H27NS/c1-3-12-18-17(11-13-19-2)16-10-5-4-9-15(16)14-7-6-8-14/h4-5,9-10,14,17-18H,3,6-8,11-13H2,1-2H3. The van der Waals surface area contributed by atoms with Crippen LogP contribution in [0.2, 0.25) is 0 Å². The molecule has 1 saturated carbocycles. The second-order valence-corrected chi connectivity index (χ2v) is 6.53. The van der Waals surface area contributed by atoms with Crippen molar-refractivity contribution in [3.8, 4) is 0 Å². The molecule has 1 atom stereocenters. The van der Waals surface area contributed by atoms with Gasteiger partial charge in [0, 0.05) is 6.04 Å². The lowest BCUT2D eigenvalue weighted by Gasteiger charge is -2.31. The van der Waals surface area contributed by atoms with Crippen LogP contribution in [0.15, 0.2) is 24.3 Å². The van der Waals surface area contributed by atoms with Crippen molar-refractivity contribution in [1.29, 1.82) is 0 Å². The van der Waals surface area contributed by atoms with Crippen molar-refractivity contribution in [2.24, 2.45) is 0 Å². The summed E-state index contributed by atoms with van der Waals surface area (Å²) in [6, 6.07) is 9.67. The second kappa shape index (κ2) is 7.96. The van der Waals surface area contributed by atoms with Crippen molar-refractivity contribution < 1.29 is 0 Å². The van der Waals surface area contributed by atoms with Crippen molar-refractivity contribution >= 4 is 11.8 Å². The molecule has 1 aliphatic rings. The van der Waals surface area contributed by atoms with E-state index < -0.39 is 0 Å². The molecule has 1 fully saturated rings. The van der Waals surface area contributed by atoms with E-state index in [1.165, 1.54) is 37.9 Å². The van der Waals surface area contributed by atoms with Crippen LogP contribution in [0.4, 0.5) is 0 Å². The van der Waals surface area contributed by atoms with E-state index in [-0.39, 0.29) is 0 Å². The Balaban J connectivity index is 2.13. The average molecular weight is 277 g/mol. The smallest absolute Gasteiger partial charge is 0.0330 e. The minimum atomic E-state index is 0.546. The molecule has 1 aromatic carbocycles. The number of rotatable bonds is 8. The maximum Gasteiger partial charge on any atom is 0.0330 e. The van der Waals surface area contributed by atoms with Gasteiger partial charge in [0.2, 0.25) is 0 Å². The lowest BCUT2D eigenvalue weighted by molar-refractivity contribution is 0.410. The zero-order chi connectivity index (χ0) is 13.5. The van der Waals surface area contributed by atoms with Crippen LogP contribution in [0.3, 0.4) is 0 Å². The van der Waals surface area contributed by atoms with Gasteiger partial charge in [-0.25, -0.2) is 0 Å². The molecule has 0 aromatic heterocycles. The molecule has 1 N–H and O–H groups in total. The molecule has 1 nitrogen and oxygen atoms in total. The largest absolute Gasteiger partial charge is 0.310 e. The van der Waals surface area contributed by atoms with E-state index in [4.69, 9.17) is 0 Å². The molecule has 106 valence electrons. The number of hydrogen-bond acceptors (Lipinski definition) is 2. The Morgan fingerprint density at radius 2 is 2.11 bits per heavy atom. The van der Waals surface area contributed by atoms with Crippen molar-refractivity contribution in [3.63, 3.8) is 0 Å². The lowest BCUT2D eigenvalue weighted by atomic mass is 9.77. The van der Waals surface area contributed by atoms with Gasteiger partial charge < -0.3 is 5.32 Å². The van der Waals surface area contributed by atoms with Gasteiger partial charge in [-0.05, 0) is 61.3 Å². The predicted octanol–water partition coefficient (Wildman–Crippen LogP) is 4.75. The van der Waals surface area contributed by atoms with Gasteiger partial charge in [0.25, 0.3) is 0 Å². The Labute approximate surface area is 122 Å². The summed E-state index contributed by atoms with van der Waals surface area (Å²) in [5.74, 6) is 2.07. The summed E-state index contributed by atoms with van der Waals surface area (Å²) in [6.07, 6.45) is 8.85. The Kier molecular flexibility index (Phi) is 6.25. The zero-order valence-electron chi connectivity index (χ0n) is 12.3. The normalized spacial score (nSPS) is 17.2. The summed E-state index contributed by atoms with van der Waals surface area (Å²) in [5.41, 5.74) is 3.18. The monoisotopic (exact) mass is 277 g/mol. The number of thioether (sulfide) groups is 1. The highest BCUT2D eigenvalue weighted by molar-refractivity contribution is 7.98. The topological polar surface area (TPSA) is 12.0 Å². The first kappa shape index (κ1) is 14.9. The molecular weight excluding hydrogens is 250 g/mol. The molecule has 0 heterocycles. The van der Waals surface area contributed by atoms with E-state index in [1.807, 2.05) is 11.8 Å².